The van der Waals surface area contributed by atoms with Gasteiger partial charge in [-0.05, 0) is 18.1 Å². The predicted molar refractivity (Wildman–Crippen MR) is 51.9 cm³/mol. The average Bonchev–Trinajstić information content (AvgIpc) is 2.16. The molecule has 0 bridgehead atoms. The summed E-state index contributed by atoms with van der Waals surface area (Å²) >= 11 is 0. The molecule has 62 valence electrons. The van der Waals surface area contributed by atoms with Crippen LogP contribution in [0.4, 0.5) is 0 Å². The standard InChI is InChI=1S/C11H12O/c1-10(9-12)7-8-11-5-3-2-4-6-11/h2-9,12H,1H3. The minimum absolute atomic E-state index is 0.846. The number of benzene rings is 1. The Morgan fingerprint density at radius 1 is 1.25 bits per heavy atom. The van der Waals surface area contributed by atoms with Crippen LogP contribution < -0.4 is 0 Å². The Kier molecular flexibility index (Phi) is 3.15. The molecule has 0 aliphatic carbocycles. The fraction of sp³-hybridized carbons (Fsp3) is 0.0909. The van der Waals surface area contributed by atoms with Crippen LogP contribution in [-0.2, 0) is 0 Å². The van der Waals surface area contributed by atoms with Gasteiger partial charge in [0.15, 0.2) is 0 Å². The first-order valence-corrected chi connectivity index (χ1v) is 3.87. The molecule has 0 aromatic heterocycles. The summed E-state index contributed by atoms with van der Waals surface area (Å²) in [5.74, 6) is 0. The summed E-state index contributed by atoms with van der Waals surface area (Å²) in [5, 5.41) is 8.60. The highest BCUT2D eigenvalue weighted by Gasteiger charge is 1.82. The monoisotopic (exact) mass is 160 g/mol. The van der Waals surface area contributed by atoms with Gasteiger partial charge in [-0.15, -0.1) is 0 Å². The molecule has 0 atom stereocenters. The van der Waals surface area contributed by atoms with Gasteiger partial charge in [0, 0.05) is 0 Å². The molecule has 0 fully saturated rings. The van der Waals surface area contributed by atoms with Crippen LogP contribution in [0.1, 0.15) is 12.5 Å². The van der Waals surface area contributed by atoms with Crippen molar-refractivity contribution in [2.45, 2.75) is 6.92 Å². The summed E-state index contributed by atoms with van der Waals surface area (Å²) in [6.07, 6.45) is 4.93. The molecule has 0 unspecified atom stereocenters. The molecule has 1 rings (SSSR count). The normalized spacial score (nSPS) is 12.2. The van der Waals surface area contributed by atoms with E-state index in [0.29, 0.717) is 0 Å². The van der Waals surface area contributed by atoms with Crippen molar-refractivity contribution in [3.63, 3.8) is 0 Å². The van der Waals surface area contributed by atoms with E-state index in [0.717, 1.165) is 17.4 Å². The van der Waals surface area contributed by atoms with Gasteiger partial charge in [-0.3, -0.25) is 0 Å². The fourth-order valence-electron chi connectivity index (χ4n) is 0.835. The van der Waals surface area contributed by atoms with Crippen LogP contribution in [0.5, 0.6) is 0 Å². The maximum atomic E-state index is 8.60. The van der Waals surface area contributed by atoms with Crippen LogP contribution in [-0.4, -0.2) is 5.11 Å². The van der Waals surface area contributed by atoms with E-state index in [1.54, 1.807) is 0 Å². The molecule has 1 aromatic rings. The lowest BCUT2D eigenvalue weighted by atomic mass is 10.2. The average molecular weight is 160 g/mol. The van der Waals surface area contributed by atoms with Crippen LogP contribution in [0.2, 0.25) is 0 Å². The van der Waals surface area contributed by atoms with Gasteiger partial charge in [-0.2, -0.15) is 0 Å². The fourth-order valence-corrected chi connectivity index (χ4v) is 0.835. The summed E-state index contributed by atoms with van der Waals surface area (Å²) in [6, 6.07) is 9.98. The van der Waals surface area contributed by atoms with Crippen molar-refractivity contribution in [2.24, 2.45) is 0 Å². The van der Waals surface area contributed by atoms with E-state index >= 15 is 0 Å². The third-order valence-corrected chi connectivity index (χ3v) is 1.54. The third kappa shape index (κ3) is 2.62. The Bertz CT molecular complexity index is 283. The van der Waals surface area contributed by atoms with Crippen LogP contribution in [0.25, 0.3) is 6.08 Å². The van der Waals surface area contributed by atoms with Gasteiger partial charge in [0.2, 0.25) is 0 Å². The molecule has 0 saturated carbocycles. The molecule has 1 heteroatoms. The third-order valence-electron chi connectivity index (χ3n) is 1.54. The number of hydrogen-bond acceptors (Lipinski definition) is 1. The van der Waals surface area contributed by atoms with Crippen LogP contribution in [0.3, 0.4) is 0 Å². The van der Waals surface area contributed by atoms with Crippen molar-refractivity contribution in [3.05, 3.63) is 53.8 Å². The Balaban J connectivity index is 2.70. The van der Waals surface area contributed by atoms with Crippen LogP contribution in [0.15, 0.2) is 48.2 Å². The van der Waals surface area contributed by atoms with Gasteiger partial charge < -0.3 is 5.11 Å². The smallest absolute Gasteiger partial charge is 0.0820 e. The van der Waals surface area contributed by atoms with E-state index < -0.39 is 0 Å². The van der Waals surface area contributed by atoms with E-state index in [-0.39, 0.29) is 0 Å². The lowest BCUT2D eigenvalue weighted by molar-refractivity contribution is 0.469. The molecular formula is C11H12O. The second-order valence-corrected chi connectivity index (χ2v) is 2.62. The summed E-state index contributed by atoms with van der Waals surface area (Å²) in [7, 11) is 0. The Labute approximate surface area is 72.7 Å². The first kappa shape index (κ1) is 8.60. The zero-order valence-corrected chi connectivity index (χ0v) is 7.07. The molecule has 0 aliphatic heterocycles. The van der Waals surface area contributed by atoms with Gasteiger partial charge in [-0.1, -0.05) is 42.5 Å². The number of aliphatic hydroxyl groups excluding tert-OH is 1. The summed E-state index contributed by atoms with van der Waals surface area (Å²) in [4.78, 5) is 0. The van der Waals surface area contributed by atoms with E-state index in [1.165, 1.54) is 0 Å². The van der Waals surface area contributed by atoms with E-state index in [9.17, 15) is 0 Å². The van der Waals surface area contributed by atoms with Crippen LogP contribution >= 0.6 is 0 Å². The lowest BCUT2D eigenvalue weighted by Crippen LogP contribution is -1.70. The van der Waals surface area contributed by atoms with Gasteiger partial charge in [-0.25, -0.2) is 0 Å². The topological polar surface area (TPSA) is 20.2 Å². The predicted octanol–water partition coefficient (Wildman–Crippen LogP) is 3.16. The molecule has 0 radical (unpaired) electrons. The molecule has 12 heavy (non-hydrogen) atoms. The number of aliphatic hydroxyl groups is 1. The highest BCUT2D eigenvalue weighted by Crippen LogP contribution is 2.03. The van der Waals surface area contributed by atoms with E-state index in [2.05, 4.69) is 0 Å². The van der Waals surface area contributed by atoms with Crippen molar-refractivity contribution in [1.82, 2.24) is 0 Å². The van der Waals surface area contributed by atoms with Gasteiger partial charge in [0.05, 0.1) is 6.26 Å². The zero-order chi connectivity index (χ0) is 8.81. The maximum Gasteiger partial charge on any atom is 0.0820 e. The van der Waals surface area contributed by atoms with E-state index in [4.69, 9.17) is 5.11 Å². The minimum Gasteiger partial charge on any atom is -0.515 e. The van der Waals surface area contributed by atoms with Gasteiger partial charge in [0.1, 0.15) is 0 Å². The second-order valence-electron chi connectivity index (χ2n) is 2.62. The maximum absolute atomic E-state index is 8.60. The lowest BCUT2D eigenvalue weighted by Gasteiger charge is -1.90. The number of hydrogen-bond donors (Lipinski definition) is 1. The van der Waals surface area contributed by atoms with Crippen molar-refractivity contribution >= 4 is 6.08 Å². The zero-order valence-electron chi connectivity index (χ0n) is 7.07. The highest BCUT2D eigenvalue weighted by molar-refractivity contribution is 5.51. The molecule has 1 N–H and O–H groups in total. The molecule has 1 aromatic carbocycles. The highest BCUT2D eigenvalue weighted by atomic mass is 16.2. The minimum atomic E-state index is 0.846. The Morgan fingerprint density at radius 3 is 2.50 bits per heavy atom. The van der Waals surface area contributed by atoms with Crippen molar-refractivity contribution in [3.8, 4) is 0 Å². The SMILES string of the molecule is CC(C=Cc1ccccc1)=CO. The molecular weight excluding hydrogens is 148 g/mol. The van der Waals surface area contributed by atoms with E-state index in [1.807, 2.05) is 49.4 Å². The summed E-state index contributed by atoms with van der Waals surface area (Å²) in [5.41, 5.74) is 1.98. The molecule has 0 amide bonds. The molecule has 0 heterocycles. The molecule has 0 aliphatic rings. The summed E-state index contributed by atoms with van der Waals surface area (Å²) < 4.78 is 0. The first-order valence-electron chi connectivity index (χ1n) is 3.87. The number of rotatable bonds is 2. The van der Waals surface area contributed by atoms with Gasteiger partial charge in [0.25, 0.3) is 0 Å². The van der Waals surface area contributed by atoms with Crippen molar-refractivity contribution in [2.75, 3.05) is 0 Å². The number of allylic oxidation sites excluding steroid dienone is 2. The quantitative estimate of drug-likeness (QED) is 0.520. The molecule has 0 saturated heterocycles. The molecule has 0 spiro atoms. The Hall–Kier alpha value is -1.50. The Morgan fingerprint density at radius 2 is 1.92 bits per heavy atom. The summed E-state index contributed by atoms with van der Waals surface area (Å²) in [6.45, 7) is 1.85. The van der Waals surface area contributed by atoms with Crippen LogP contribution in [0, 0.1) is 0 Å². The second kappa shape index (κ2) is 4.39. The first-order chi connectivity index (χ1) is 5.83. The van der Waals surface area contributed by atoms with Crippen molar-refractivity contribution in [1.29, 1.82) is 0 Å². The molecule has 1 nitrogen and oxygen atoms in total. The van der Waals surface area contributed by atoms with Gasteiger partial charge >= 0.3 is 0 Å². The van der Waals surface area contributed by atoms with Crippen molar-refractivity contribution < 1.29 is 5.11 Å². The largest absolute Gasteiger partial charge is 0.515 e.